The number of ether oxygens (including phenoxy) is 3. The Hall–Kier alpha value is -1.63. The van der Waals surface area contributed by atoms with Gasteiger partial charge in [0.15, 0.2) is 5.41 Å². The quantitative estimate of drug-likeness (QED) is 0.329. The van der Waals surface area contributed by atoms with E-state index in [0.717, 1.165) is 5.57 Å². The molecule has 0 amide bonds. The van der Waals surface area contributed by atoms with Crippen LogP contribution in [0.25, 0.3) is 0 Å². The molecule has 0 spiro atoms. The molecule has 1 aliphatic carbocycles. The van der Waals surface area contributed by atoms with Gasteiger partial charge in [0.2, 0.25) is 0 Å². The lowest BCUT2D eigenvalue weighted by atomic mass is 9.76. The van der Waals surface area contributed by atoms with E-state index in [2.05, 4.69) is 25.3 Å². The minimum atomic E-state index is -1.66. The summed E-state index contributed by atoms with van der Waals surface area (Å²) < 4.78 is 14.8. The van der Waals surface area contributed by atoms with E-state index in [1.54, 1.807) is 6.92 Å². The van der Waals surface area contributed by atoms with Gasteiger partial charge in [-0.25, -0.2) is 0 Å². The molecule has 0 bridgehead atoms. The fourth-order valence-electron chi connectivity index (χ4n) is 3.12. The van der Waals surface area contributed by atoms with Crippen LogP contribution in [-0.4, -0.2) is 46.8 Å². The molecule has 1 rings (SSSR count). The molecule has 1 unspecified atom stereocenters. The molecule has 7 heteroatoms. The Labute approximate surface area is 138 Å². The molecule has 0 heterocycles. The summed E-state index contributed by atoms with van der Waals surface area (Å²) in [5.41, 5.74) is 1.18. The minimum absolute atomic E-state index is 0.175. The molecular formula is C16H26O6Si. The van der Waals surface area contributed by atoms with Crippen molar-refractivity contribution >= 4 is 26.0 Å². The first-order chi connectivity index (χ1) is 10.6. The Kier molecular flexibility index (Phi) is 6.15. The van der Waals surface area contributed by atoms with Crippen molar-refractivity contribution in [2.24, 2.45) is 11.3 Å². The molecule has 1 aliphatic rings. The lowest BCUT2D eigenvalue weighted by molar-refractivity contribution is -0.177. The van der Waals surface area contributed by atoms with Crippen molar-refractivity contribution in [2.45, 2.75) is 39.4 Å². The van der Waals surface area contributed by atoms with E-state index < -0.39 is 37.3 Å². The largest absolute Gasteiger partial charge is 0.468 e. The van der Waals surface area contributed by atoms with Gasteiger partial charge in [0.25, 0.3) is 0 Å². The summed E-state index contributed by atoms with van der Waals surface area (Å²) in [7, 11) is 0.748. The number of carbonyl (C=O) groups excluding carboxylic acids is 3. The van der Waals surface area contributed by atoms with Gasteiger partial charge in [-0.05, 0) is 19.8 Å². The summed E-state index contributed by atoms with van der Waals surface area (Å²) in [4.78, 5) is 37.4. The maximum absolute atomic E-state index is 12.5. The Morgan fingerprint density at radius 3 is 2.09 bits per heavy atom. The number of methoxy groups -OCH3 is 2. The highest BCUT2D eigenvalue weighted by Crippen LogP contribution is 2.49. The van der Waals surface area contributed by atoms with Gasteiger partial charge in [-0.15, -0.1) is 0 Å². The van der Waals surface area contributed by atoms with Crippen molar-refractivity contribution < 1.29 is 28.6 Å². The fraction of sp³-hybridized carbons (Fsp3) is 0.688. The fourth-order valence-corrected chi connectivity index (χ4v) is 4.55. The van der Waals surface area contributed by atoms with E-state index in [9.17, 15) is 14.4 Å². The van der Waals surface area contributed by atoms with Crippen LogP contribution in [0.2, 0.25) is 19.6 Å². The van der Waals surface area contributed by atoms with E-state index in [4.69, 9.17) is 14.2 Å². The van der Waals surface area contributed by atoms with Gasteiger partial charge in [0.1, 0.15) is 5.92 Å². The van der Waals surface area contributed by atoms with Crippen molar-refractivity contribution in [1.29, 1.82) is 0 Å². The standard InChI is InChI=1S/C16H26O6Si/c1-7-22-13(17)12-11(10-23(4,5)6)8-9-16(12,14(18)20-2)15(19)21-3/h10,12H,7-9H2,1-6H3/b11-10+. The third-order valence-electron chi connectivity index (χ3n) is 3.91. The van der Waals surface area contributed by atoms with Crippen molar-refractivity contribution in [1.82, 2.24) is 0 Å². The third kappa shape index (κ3) is 3.83. The Morgan fingerprint density at radius 1 is 1.17 bits per heavy atom. The molecule has 1 saturated carbocycles. The number of carbonyl (C=O) groups is 3. The van der Waals surface area contributed by atoms with Crippen LogP contribution in [0.1, 0.15) is 19.8 Å². The molecular weight excluding hydrogens is 316 g/mol. The van der Waals surface area contributed by atoms with E-state index in [1.165, 1.54) is 14.2 Å². The molecule has 23 heavy (non-hydrogen) atoms. The third-order valence-corrected chi connectivity index (χ3v) is 5.15. The first kappa shape index (κ1) is 19.4. The maximum Gasteiger partial charge on any atom is 0.324 e. The highest BCUT2D eigenvalue weighted by atomic mass is 28.3. The Morgan fingerprint density at radius 2 is 1.70 bits per heavy atom. The predicted molar refractivity (Wildman–Crippen MR) is 87.3 cm³/mol. The van der Waals surface area contributed by atoms with Gasteiger partial charge >= 0.3 is 17.9 Å². The lowest BCUT2D eigenvalue weighted by Gasteiger charge is -2.29. The predicted octanol–water partition coefficient (Wildman–Crippen LogP) is 2.10. The molecule has 6 nitrogen and oxygen atoms in total. The number of esters is 3. The van der Waals surface area contributed by atoms with Crippen LogP contribution in [0.3, 0.4) is 0 Å². The normalized spacial score (nSPS) is 21.8. The smallest absolute Gasteiger partial charge is 0.324 e. The second-order valence-electron chi connectivity index (χ2n) is 6.72. The molecule has 0 aliphatic heterocycles. The SMILES string of the molecule is CCOC(=O)C1/C(=C/[Si](C)(C)C)CCC1(C(=O)OC)C(=O)OC. The van der Waals surface area contributed by atoms with Gasteiger partial charge in [0.05, 0.1) is 28.9 Å². The second kappa shape index (κ2) is 7.29. The van der Waals surface area contributed by atoms with E-state index in [1.807, 2.05) is 0 Å². The minimum Gasteiger partial charge on any atom is -0.468 e. The van der Waals surface area contributed by atoms with Gasteiger partial charge in [-0.2, -0.15) is 0 Å². The van der Waals surface area contributed by atoms with Gasteiger partial charge in [-0.3, -0.25) is 14.4 Å². The van der Waals surface area contributed by atoms with Crippen LogP contribution in [0.5, 0.6) is 0 Å². The maximum atomic E-state index is 12.5. The zero-order valence-electron chi connectivity index (χ0n) is 14.7. The van der Waals surface area contributed by atoms with Crippen molar-refractivity contribution in [3.05, 3.63) is 11.3 Å². The first-order valence-electron chi connectivity index (χ1n) is 7.69. The van der Waals surface area contributed by atoms with Crippen LogP contribution in [0, 0.1) is 11.3 Å². The van der Waals surface area contributed by atoms with Crippen LogP contribution in [-0.2, 0) is 28.6 Å². The van der Waals surface area contributed by atoms with Crippen molar-refractivity contribution in [2.75, 3.05) is 20.8 Å². The van der Waals surface area contributed by atoms with Crippen LogP contribution in [0.4, 0.5) is 0 Å². The molecule has 1 atom stereocenters. The number of hydrogen-bond donors (Lipinski definition) is 0. The van der Waals surface area contributed by atoms with Gasteiger partial charge in [0, 0.05) is 0 Å². The molecule has 0 aromatic heterocycles. The summed E-state index contributed by atoms with van der Waals surface area (Å²) in [6, 6.07) is 0. The highest BCUT2D eigenvalue weighted by Gasteiger charge is 2.62. The molecule has 0 radical (unpaired) electrons. The zero-order valence-corrected chi connectivity index (χ0v) is 15.7. The highest BCUT2D eigenvalue weighted by molar-refractivity contribution is 6.81. The van der Waals surface area contributed by atoms with Crippen LogP contribution < -0.4 is 0 Å². The topological polar surface area (TPSA) is 78.9 Å². The zero-order chi connectivity index (χ0) is 17.8. The van der Waals surface area contributed by atoms with Crippen LogP contribution >= 0.6 is 0 Å². The molecule has 0 N–H and O–H groups in total. The number of rotatable bonds is 5. The van der Waals surface area contributed by atoms with E-state index in [0.29, 0.717) is 6.42 Å². The summed E-state index contributed by atoms with van der Waals surface area (Å²) in [5.74, 6) is -3.05. The lowest BCUT2D eigenvalue weighted by Crippen LogP contribution is -2.48. The Bertz CT molecular complexity index is 501. The van der Waals surface area contributed by atoms with Gasteiger partial charge < -0.3 is 14.2 Å². The van der Waals surface area contributed by atoms with Crippen molar-refractivity contribution in [3.63, 3.8) is 0 Å². The average Bonchev–Trinajstić information content (AvgIpc) is 2.84. The first-order valence-corrected chi connectivity index (χ1v) is 11.3. The molecule has 0 aromatic rings. The second-order valence-corrected chi connectivity index (χ2v) is 11.7. The van der Waals surface area contributed by atoms with Crippen LogP contribution in [0.15, 0.2) is 11.3 Å². The summed E-state index contributed by atoms with van der Waals surface area (Å²) in [5, 5.41) is 0. The summed E-state index contributed by atoms with van der Waals surface area (Å²) in [6.45, 7) is 8.23. The summed E-state index contributed by atoms with van der Waals surface area (Å²) >= 11 is 0. The molecule has 1 fully saturated rings. The van der Waals surface area contributed by atoms with E-state index in [-0.39, 0.29) is 13.0 Å². The van der Waals surface area contributed by atoms with Crippen molar-refractivity contribution in [3.8, 4) is 0 Å². The van der Waals surface area contributed by atoms with Gasteiger partial charge in [-0.1, -0.05) is 30.9 Å². The molecule has 0 saturated heterocycles. The number of hydrogen-bond acceptors (Lipinski definition) is 6. The van der Waals surface area contributed by atoms with E-state index >= 15 is 0 Å². The Balaban J connectivity index is 3.49. The monoisotopic (exact) mass is 342 g/mol. The average molecular weight is 342 g/mol. The molecule has 0 aromatic carbocycles. The molecule has 130 valence electrons. The summed E-state index contributed by atoms with van der Waals surface area (Å²) in [6.07, 6.45) is 0.657.